The lowest BCUT2D eigenvalue weighted by Gasteiger charge is -2.42. The maximum atomic E-state index is 15.0. The van der Waals surface area contributed by atoms with E-state index in [1.165, 1.54) is 25.8 Å². The molecule has 0 amide bonds. The van der Waals surface area contributed by atoms with E-state index < -0.39 is 5.82 Å². The fourth-order valence-corrected chi connectivity index (χ4v) is 5.51. The van der Waals surface area contributed by atoms with E-state index in [2.05, 4.69) is 30.6 Å². The average Bonchev–Trinajstić information content (AvgIpc) is 3.24. The van der Waals surface area contributed by atoms with E-state index in [-0.39, 0.29) is 38.7 Å². The fraction of sp³-hybridized carbons (Fsp3) is 0.333. The van der Waals surface area contributed by atoms with Crippen LogP contribution in [0, 0.1) is 5.82 Å². The fourth-order valence-electron chi connectivity index (χ4n) is 5.24. The number of halogens is 2. The number of nitrogens with zero attached hydrogens (tertiary/aromatic N) is 5. The summed E-state index contributed by atoms with van der Waals surface area (Å²) in [4.78, 5) is 29.9. The third-order valence-electron chi connectivity index (χ3n) is 7.58. The zero-order chi connectivity index (χ0) is 28.9. The van der Waals surface area contributed by atoms with Gasteiger partial charge in [-0.25, -0.2) is 9.18 Å². The van der Waals surface area contributed by atoms with Crippen LogP contribution in [0.5, 0.6) is 5.75 Å². The molecule has 1 aliphatic heterocycles. The molecule has 3 heterocycles. The largest absolute Gasteiger partial charge is 0.507 e. The molecule has 8 nitrogen and oxygen atoms in total. The molecule has 2 aromatic carbocycles. The Kier molecular flexibility index (Phi) is 7.14. The zero-order valence-corrected chi connectivity index (χ0v) is 24.0. The third-order valence-corrected chi connectivity index (χ3v) is 7.89. The summed E-state index contributed by atoms with van der Waals surface area (Å²) in [6.45, 7) is 9.53. The van der Waals surface area contributed by atoms with Gasteiger partial charge in [0.05, 0.1) is 10.7 Å². The van der Waals surface area contributed by atoms with Crippen LogP contribution in [0.1, 0.15) is 20.8 Å². The number of hydrogen-bond donors (Lipinski definition) is 1. The molecule has 10 heteroatoms. The Morgan fingerprint density at radius 2 is 1.50 bits per heavy atom. The number of pyridine rings is 1. The first-order chi connectivity index (χ1) is 18.8. The molecule has 0 atom stereocenters. The molecule has 5 rings (SSSR count). The van der Waals surface area contributed by atoms with Gasteiger partial charge in [0.25, 0.3) is 5.56 Å². The van der Waals surface area contributed by atoms with Crippen molar-refractivity contribution in [2.45, 2.75) is 26.3 Å². The predicted molar refractivity (Wildman–Crippen MR) is 157 cm³/mol. The van der Waals surface area contributed by atoms with Crippen LogP contribution in [0.15, 0.2) is 64.6 Å². The first-order valence-corrected chi connectivity index (χ1v) is 13.5. The molecule has 0 spiro atoms. The lowest BCUT2D eigenvalue weighted by atomic mass is 9.97. The number of aromatic hydroxyl groups is 1. The number of aryl methyl sites for hydroxylation is 2. The van der Waals surface area contributed by atoms with Gasteiger partial charge in [0.2, 0.25) is 0 Å². The number of benzene rings is 2. The summed E-state index contributed by atoms with van der Waals surface area (Å²) in [7, 11) is 3.30. The maximum Gasteiger partial charge on any atom is 0.332 e. The molecule has 0 unspecified atom stereocenters. The number of piperazine rings is 1. The molecule has 2 aromatic heterocycles. The Morgan fingerprint density at radius 3 is 2.08 bits per heavy atom. The predicted octanol–water partition coefficient (Wildman–Crippen LogP) is 4.63. The Balaban J connectivity index is 1.53. The zero-order valence-electron chi connectivity index (χ0n) is 23.3. The van der Waals surface area contributed by atoms with Crippen molar-refractivity contribution in [1.82, 2.24) is 18.6 Å². The van der Waals surface area contributed by atoms with Crippen molar-refractivity contribution in [2.75, 3.05) is 31.1 Å². The van der Waals surface area contributed by atoms with Gasteiger partial charge < -0.3 is 19.1 Å². The van der Waals surface area contributed by atoms with E-state index in [1.807, 2.05) is 0 Å². The minimum absolute atomic E-state index is 0.0425. The number of hydrogen-bond acceptors (Lipinski definition) is 5. The molecule has 4 aromatic rings. The van der Waals surface area contributed by atoms with E-state index in [4.69, 9.17) is 11.6 Å². The number of rotatable bonds is 4. The van der Waals surface area contributed by atoms with E-state index >= 15 is 0 Å². The standard InChI is InChI=1S/C30H33ClFN5O3/c1-30(2,3)36-11-9-35(10-12-36)26-15-20(18-34(5)28(26)39)23-17-21(32)16-22(27(23)38)19-6-7-25(24(31)14-19)37-13-8-33(4)29(37)40/h6-8,13-18,38H,9-12H2,1-5H3. The molecule has 0 aliphatic carbocycles. The van der Waals surface area contributed by atoms with Gasteiger partial charge in [0.15, 0.2) is 0 Å². The van der Waals surface area contributed by atoms with Crippen molar-refractivity contribution >= 4 is 17.3 Å². The molecule has 0 bridgehead atoms. The van der Waals surface area contributed by atoms with Crippen LogP contribution in [0.2, 0.25) is 5.02 Å². The smallest absolute Gasteiger partial charge is 0.332 e. The summed E-state index contributed by atoms with van der Waals surface area (Å²) in [5.41, 5.74) is 2.14. The number of anilines is 1. The highest BCUT2D eigenvalue weighted by Crippen LogP contribution is 2.40. The van der Waals surface area contributed by atoms with Crippen LogP contribution >= 0.6 is 11.6 Å². The van der Waals surface area contributed by atoms with Gasteiger partial charge in [-0.3, -0.25) is 14.3 Å². The summed E-state index contributed by atoms with van der Waals surface area (Å²) in [6.07, 6.45) is 4.85. The van der Waals surface area contributed by atoms with E-state index in [0.717, 1.165) is 13.1 Å². The second-order valence-corrected chi connectivity index (χ2v) is 11.7. The van der Waals surface area contributed by atoms with Crippen LogP contribution in [0.25, 0.3) is 27.9 Å². The molecule has 1 fully saturated rings. The van der Waals surface area contributed by atoms with Crippen LogP contribution in [-0.2, 0) is 14.1 Å². The quantitative estimate of drug-likeness (QED) is 0.391. The van der Waals surface area contributed by atoms with Crippen molar-refractivity contribution in [3.05, 3.63) is 86.7 Å². The topological polar surface area (TPSA) is 75.6 Å². The van der Waals surface area contributed by atoms with Gasteiger partial charge in [-0.15, -0.1) is 0 Å². The second-order valence-electron chi connectivity index (χ2n) is 11.3. The third kappa shape index (κ3) is 5.07. The van der Waals surface area contributed by atoms with E-state index in [0.29, 0.717) is 35.6 Å². The number of imidazole rings is 1. The van der Waals surface area contributed by atoms with Crippen molar-refractivity contribution in [1.29, 1.82) is 0 Å². The summed E-state index contributed by atoms with van der Waals surface area (Å²) in [5.74, 6) is -0.680. The molecular formula is C30H33ClFN5O3. The molecule has 0 radical (unpaired) electrons. The Morgan fingerprint density at radius 1 is 0.850 bits per heavy atom. The van der Waals surface area contributed by atoms with Crippen LogP contribution in [-0.4, -0.2) is 55.4 Å². The second kappa shape index (κ2) is 10.3. The molecule has 0 saturated carbocycles. The van der Waals surface area contributed by atoms with Crippen molar-refractivity contribution in [3.63, 3.8) is 0 Å². The molecule has 1 N–H and O–H groups in total. The molecule has 210 valence electrons. The van der Waals surface area contributed by atoms with E-state index in [1.54, 1.807) is 57.0 Å². The Labute approximate surface area is 237 Å². The summed E-state index contributed by atoms with van der Waals surface area (Å²) >= 11 is 6.54. The first kappa shape index (κ1) is 27.7. The summed E-state index contributed by atoms with van der Waals surface area (Å²) in [6, 6.07) is 9.16. The highest BCUT2D eigenvalue weighted by molar-refractivity contribution is 6.32. The maximum absolute atomic E-state index is 15.0. The minimum Gasteiger partial charge on any atom is -0.507 e. The van der Waals surface area contributed by atoms with Gasteiger partial charge in [-0.2, -0.15) is 0 Å². The summed E-state index contributed by atoms with van der Waals surface area (Å²) in [5, 5.41) is 11.6. The molecular weight excluding hydrogens is 533 g/mol. The van der Waals surface area contributed by atoms with Gasteiger partial charge in [0.1, 0.15) is 17.3 Å². The van der Waals surface area contributed by atoms with Gasteiger partial charge in [-0.1, -0.05) is 17.7 Å². The highest BCUT2D eigenvalue weighted by atomic mass is 35.5. The van der Waals surface area contributed by atoms with Gasteiger partial charge in [-0.05, 0) is 56.7 Å². The summed E-state index contributed by atoms with van der Waals surface area (Å²) < 4.78 is 19.3. The van der Waals surface area contributed by atoms with Crippen LogP contribution in [0.4, 0.5) is 10.1 Å². The SMILES string of the molecule is Cn1cc(-c2cc(F)cc(-c3ccc(-n4ccn(C)c4=O)c(Cl)c3)c2O)cc(N2CCN(C(C)(C)C)CC2)c1=O. The lowest BCUT2D eigenvalue weighted by molar-refractivity contribution is 0.128. The lowest BCUT2D eigenvalue weighted by Crippen LogP contribution is -2.54. The monoisotopic (exact) mass is 565 g/mol. The van der Waals surface area contributed by atoms with Crippen molar-refractivity contribution in [3.8, 4) is 33.7 Å². The number of phenolic OH excluding ortho intramolecular Hbond substituents is 1. The van der Waals surface area contributed by atoms with E-state index in [9.17, 15) is 19.1 Å². The number of phenols is 1. The Bertz CT molecular complexity index is 1710. The molecule has 1 saturated heterocycles. The van der Waals surface area contributed by atoms with Crippen molar-refractivity contribution < 1.29 is 9.50 Å². The first-order valence-electron chi connectivity index (χ1n) is 13.1. The molecule has 40 heavy (non-hydrogen) atoms. The minimum atomic E-state index is -0.545. The normalized spacial score (nSPS) is 14.6. The van der Waals surface area contributed by atoms with Crippen molar-refractivity contribution in [2.24, 2.45) is 14.1 Å². The highest BCUT2D eigenvalue weighted by Gasteiger charge is 2.27. The van der Waals surface area contributed by atoms with Gasteiger partial charge >= 0.3 is 5.69 Å². The number of aromatic nitrogens is 3. The molecule has 1 aliphatic rings. The van der Waals surface area contributed by atoms with Crippen LogP contribution < -0.4 is 16.1 Å². The Hall–Kier alpha value is -3.82. The van der Waals surface area contributed by atoms with Crippen LogP contribution in [0.3, 0.4) is 0 Å². The average molecular weight is 566 g/mol. The van der Waals surface area contributed by atoms with Gasteiger partial charge in [0, 0.05) is 81.1 Å².